The van der Waals surface area contributed by atoms with Crippen LogP contribution in [0.4, 0.5) is 0 Å². The van der Waals surface area contributed by atoms with Crippen molar-refractivity contribution in [3.05, 3.63) is 12.3 Å². The third-order valence-electron chi connectivity index (χ3n) is 1.22. The van der Waals surface area contributed by atoms with E-state index in [9.17, 15) is 4.79 Å². The molecule has 0 heterocycles. The molecule has 0 N–H and O–H groups in total. The number of rotatable bonds is 3. The van der Waals surface area contributed by atoms with Crippen LogP contribution in [0.5, 0.6) is 0 Å². The first-order valence-electron chi connectivity index (χ1n) is 3.81. The molecule has 0 bridgehead atoms. The van der Waals surface area contributed by atoms with Crippen LogP contribution in [-0.2, 0) is 9.53 Å². The summed E-state index contributed by atoms with van der Waals surface area (Å²) in [7, 11) is 0. The topological polar surface area (TPSA) is 26.3 Å². The lowest BCUT2D eigenvalue weighted by molar-refractivity contribution is -0.121. The Hall–Kier alpha value is -0.790. The Balaban J connectivity index is 3.88. The molecule has 0 aromatic carbocycles. The summed E-state index contributed by atoms with van der Waals surface area (Å²) in [6.07, 6.45) is 2.93. The zero-order chi connectivity index (χ0) is 8.91. The Morgan fingerprint density at radius 2 is 2.00 bits per heavy atom. The Morgan fingerprint density at radius 1 is 1.45 bits per heavy atom. The van der Waals surface area contributed by atoms with Crippen molar-refractivity contribution in [1.29, 1.82) is 0 Å². The molecule has 0 atom stereocenters. The standard InChI is InChI=1S/C9H16O2/c1-5-11-7-6-8(10)9(2,3)4/h6-7H,5H2,1-4H3/b7-6+. The largest absolute Gasteiger partial charge is 0.501 e. The highest BCUT2D eigenvalue weighted by Crippen LogP contribution is 2.14. The molecule has 0 radical (unpaired) electrons. The normalized spacial score (nSPS) is 12.0. The second-order valence-electron chi connectivity index (χ2n) is 3.37. The van der Waals surface area contributed by atoms with Crippen LogP contribution in [0.15, 0.2) is 12.3 Å². The smallest absolute Gasteiger partial charge is 0.164 e. The number of ketones is 1. The van der Waals surface area contributed by atoms with Gasteiger partial charge in [-0.2, -0.15) is 0 Å². The molecule has 0 spiro atoms. The first-order valence-corrected chi connectivity index (χ1v) is 3.81. The Morgan fingerprint density at radius 3 is 2.36 bits per heavy atom. The highest BCUT2D eigenvalue weighted by atomic mass is 16.5. The van der Waals surface area contributed by atoms with E-state index in [0.29, 0.717) is 6.61 Å². The van der Waals surface area contributed by atoms with Crippen LogP contribution in [0.25, 0.3) is 0 Å². The fourth-order valence-corrected chi connectivity index (χ4v) is 0.456. The predicted molar refractivity (Wildman–Crippen MR) is 45.2 cm³/mol. The van der Waals surface area contributed by atoms with Gasteiger partial charge in [0, 0.05) is 11.5 Å². The molecule has 2 heteroatoms. The Bertz CT molecular complexity index is 151. The quantitative estimate of drug-likeness (QED) is 0.462. The minimum atomic E-state index is -0.298. The van der Waals surface area contributed by atoms with Gasteiger partial charge in [0.25, 0.3) is 0 Å². The summed E-state index contributed by atoms with van der Waals surface area (Å²) in [4.78, 5) is 11.2. The molecular formula is C9H16O2. The highest BCUT2D eigenvalue weighted by molar-refractivity contribution is 5.93. The van der Waals surface area contributed by atoms with E-state index in [0.717, 1.165) is 0 Å². The minimum absolute atomic E-state index is 0.0888. The van der Waals surface area contributed by atoms with Gasteiger partial charge >= 0.3 is 0 Å². The molecule has 0 saturated heterocycles. The summed E-state index contributed by atoms with van der Waals surface area (Å²) in [5.41, 5.74) is -0.298. The third kappa shape index (κ3) is 4.59. The van der Waals surface area contributed by atoms with Gasteiger partial charge in [0.2, 0.25) is 0 Å². The summed E-state index contributed by atoms with van der Waals surface area (Å²) in [6, 6.07) is 0. The van der Waals surface area contributed by atoms with Crippen molar-refractivity contribution < 1.29 is 9.53 Å². The van der Waals surface area contributed by atoms with Gasteiger partial charge in [0.15, 0.2) is 5.78 Å². The number of carbonyl (C=O) groups is 1. The number of hydrogen-bond donors (Lipinski definition) is 0. The van der Waals surface area contributed by atoms with Gasteiger partial charge in [-0.25, -0.2) is 0 Å². The third-order valence-corrected chi connectivity index (χ3v) is 1.22. The first-order chi connectivity index (χ1) is 4.98. The van der Waals surface area contributed by atoms with Crippen molar-refractivity contribution in [3.63, 3.8) is 0 Å². The van der Waals surface area contributed by atoms with Crippen molar-refractivity contribution in [1.82, 2.24) is 0 Å². The summed E-state index contributed by atoms with van der Waals surface area (Å²) >= 11 is 0. The van der Waals surface area contributed by atoms with Crippen molar-refractivity contribution in [2.75, 3.05) is 6.61 Å². The Labute approximate surface area is 68.2 Å². The summed E-state index contributed by atoms with van der Waals surface area (Å²) in [5, 5.41) is 0. The molecule has 0 aliphatic heterocycles. The van der Waals surface area contributed by atoms with E-state index in [-0.39, 0.29) is 11.2 Å². The van der Waals surface area contributed by atoms with Crippen LogP contribution in [0.3, 0.4) is 0 Å². The number of hydrogen-bond acceptors (Lipinski definition) is 2. The van der Waals surface area contributed by atoms with E-state index in [2.05, 4.69) is 0 Å². The molecule has 0 aliphatic rings. The van der Waals surface area contributed by atoms with Crippen LogP contribution < -0.4 is 0 Å². The van der Waals surface area contributed by atoms with Crippen LogP contribution in [0.2, 0.25) is 0 Å². The SMILES string of the molecule is CCO/C=C/C(=O)C(C)(C)C. The van der Waals surface area contributed by atoms with Crippen molar-refractivity contribution in [2.24, 2.45) is 5.41 Å². The second kappa shape index (κ2) is 4.16. The predicted octanol–water partition coefficient (Wildman–Crippen LogP) is 2.15. The monoisotopic (exact) mass is 156 g/mol. The molecule has 0 rings (SSSR count). The van der Waals surface area contributed by atoms with Gasteiger partial charge in [-0.15, -0.1) is 0 Å². The van der Waals surface area contributed by atoms with E-state index in [1.165, 1.54) is 12.3 Å². The lowest BCUT2D eigenvalue weighted by Crippen LogP contribution is -2.17. The molecule has 0 aromatic heterocycles. The molecule has 2 nitrogen and oxygen atoms in total. The van der Waals surface area contributed by atoms with E-state index >= 15 is 0 Å². The number of carbonyl (C=O) groups excluding carboxylic acids is 1. The molecule has 64 valence electrons. The molecular weight excluding hydrogens is 140 g/mol. The maximum Gasteiger partial charge on any atom is 0.164 e. The first kappa shape index (κ1) is 10.2. The minimum Gasteiger partial charge on any atom is -0.501 e. The fourth-order valence-electron chi connectivity index (χ4n) is 0.456. The van der Waals surface area contributed by atoms with E-state index in [1.807, 2.05) is 27.7 Å². The van der Waals surface area contributed by atoms with Crippen LogP contribution in [0, 0.1) is 5.41 Å². The maximum absolute atomic E-state index is 11.2. The fraction of sp³-hybridized carbons (Fsp3) is 0.667. The summed E-state index contributed by atoms with van der Waals surface area (Å²) in [5.74, 6) is 0.0888. The maximum atomic E-state index is 11.2. The zero-order valence-corrected chi connectivity index (χ0v) is 7.68. The number of ether oxygens (including phenoxy) is 1. The highest BCUT2D eigenvalue weighted by Gasteiger charge is 2.17. The van der Waals surface area contributed by atoms with Gasteiger partial charge in [-0.3, -0.25) is 4.79 Å². The van der Waals surface area contributed by atoms with E-state index < -0.39 is 0 Å². The summed E-state index contributed by atoms with van der Waals surface area (Å²) < 4.78 is 4.90. The van der Waals surface area contributed by atoms with E-state index in [1.54, 1.807) is 0 Å². The van der Waals surface area contributed by atoms with Crippen LogP contribution >= 0.6 is 0 Å². The van der Waals surface area contributed by atoms with Crippen molar-refractivity contribution in [2.45, 2.75) is 27.7 Å². The average Bonchev–Trinajstić information content (AvgIpc) is 1.86. The van der Waals surface area contributed by atoms with Gasteiger partial charge in [-0.1, -0.05) is 20.8 Å². The molecule has 0 unspecified atom stereocenters. The van der Waals surface area contributed by atoms with Crippen molar-refractivity contribution in [3.8, 4) is 0 Å². The second-order valence-corrected chi connectivity index (χ2v) is 3.37. The van der Waals surface area contributed by atoms with Gasteiger partial charge < -0.3 is 4.74 Å². The molecule has 11 heavy (non-hydrogen) atoms. The molecule has 0 fully saturated rings. The van der Waals surface area contributed by atoms with Crippen molar-refractivity contribution >= 4 is 5.78 Å². The van der Waals surface area contributed by atoms with E-state index in [4.69, 9.17) is 4.74 Å². The Kier molecular flexibility index (Phi) is 3.86. The van der Waals surface area contributed by atoms with Gasteiger partial charge in [0.1, 0.15) is 0 Å². The lowest BCUT2D eigenvalue weighted by Gasteiger charge is -2.12. The zero-order valence-electron chi connectivity index (χ0n) is 7.68. The van der Waals surface area contributed by atoms with Gasteiger partial charge in [-0.05, 0) is 6.92 Å². The molecule has 0 aromatic rings. The van der Waals surface area contributed by atoms with Crippen LogP contribution in [0.1, 0.15) is 27.7 Å². The molecule has 0 saturated carbocycles. The number of allylic oxidation sites excluding steroid dienone is 1. The molecule has 0 amide bonds. The molecule has 0 aliphatic carbocycles. The average molecular weight is 156 g/mol. The van der Waals surface area contributed by atoms with Gasteiger partial charge in [0.05, 0.1) is 12.9 Å². The lowest BCUT2D eigenvalue weighted by atomic mass is 9.91. The summed E-state index contributed by atoms with van der Waals surface area (Å²) in [6.45, 7) is 8.13. The van der Waals surface area contributed by atoms with Crippen LogP contribution in [-0.4, -0.2) is 12.4 Å².